The molecule has 3 rings (SSSR count). The molecule has 1 fully saturated rings. The number of anilines is 1. The highest BCUT2D eigenvalue weighted by atomic mass is 15.1. The Kier molecular flexibility index (Phi) is 4.46. The summed E-state index contributed by atoms with van der Waals surface area (Å²) in [6.45, 7) is 6.13. The fourth-order valence-corrected chi connectivity index (χ4v) is 2.80. The highest BCUT2D eigenvalue weighted by Gasteiger charge is 2.13. The molecule has 0 aliphatic carbocycles. The van der Waals surface area contributed by atoms with E-state index in [1.807, 2.05) is 19.2 Å². The molecule has 1 aromatic heterocycles. The summed E-state index contributed by atoms with van der Waals surface area (Å²) < 4.78 is 0. The minimum absolute atomic E-state index is 0.736. The van der Waals surface area contributed by atoms with Crippen molar-refractivity contribution in [3.63, 3.8) is 0 Å². The normalized spacial score (nSPS) is 15.3. The van der Waals surface area contributed by atoms with Gasteiger partial charge in [0.25, 0.3) is 0 Å². The molecule has 110 valence electrons. The molecule has 2 aromatic rings. The van der Waals surface area contributed by atoms with E-state index in [1.165, 1.54) is 37.2 Å². The first kappa shape index (κ1) is 14.0. The molecule has 0 amide bonds. The van der Waals surface area contributed by atoms with E-state index in [0.717, 1.165) is 24.6 Å². The lowest BCUT2D eigenvalue weighted by atomic mass is 10.1. The van der Waals surface area contributed by atoms with Crippen LogP contribution >= 0.6 is 0 Å². The first-order valence-corrected chi connectivity index (χ1v) is 7.64. The van der Waals surface area contributed by atoms with Gasteiger partial charge in [0.15, 0.2) is 0 Å². The Labute approximate surface area is 126 Å². The van der Waals surface area contributed by atoms with Gasteiger partial charge in [0.05, 0.1) is 12.2 Å². The van der Waals surface area contributed by atoms with Gasteiger partial charge in [-0.2, -0.15) is 0 Å². The quantitative estimate of drug-likeness (QED) is 0.915. The molecule has 1 aliphatic rings. The van der Waals surface area contributed by atoms with Crippen molar-refractivity contribution >= 4 is 5.69 Å². The smallest absolute Gasteiger partial charge is 0.125 e. The van der Waals surface area contributed by atoms with Crippen molar-refractivity contribution in [2.75, 3.05) is 18.4 Å². The minimum Gasteiger partial charge on any atom is -0.379 e. The van der Waals surface area contributed by atoms with Crippen LogP contribution < -0.4 is 5.32 Å². The number of aromatic nitrogens is 2. The van der Waals surface area contributed by atoms with Crippen LogP contribution in [-0.4, -0.2) is 28.0 Å². The summed E-state index contributed by atoms with van der Waals surface area (Å²) >= 11 is 0. The second-order valence-corrected chi connectivity index (χ2v) is 5.59. The molecule has 1 aromatic carbocycles. The number of nitrogens with one attached hydrogen (secondary N) is 1. The van der Waals surface area contributed by atoms with Crippen LogP contribution in [0.4, 0.5) is 5.69 Å². The Morgan fingerprint density at radius 3 is 2.76 bits per heavy atom. The van der Waals surface area contributed by atoms with Gasteiger partial charge in [-0.1, -0.05) is 18.2 Å². The SMILES string of the molecule is Cc1nccc(CNc2ccccc2CN2CCCC2)n1. The van der Waals surface area contributed by atoms with E-state index in [1.54, 1.807) is 0 Å². The van der Waals surface area contributed by atoms with Crippen LogP contribution in [0.25, 0.3) is 0 Å². The van der Waals surface area contributed by atoms with E-state index in [2.05, 4.69) is 44.5 Å². The molecule has 2 heterocycles. The first-order valence-electron chi connectivity index (χ1n) is 7.64. The van der Waals surface area contributed by atoms with Crippen molar-refractivity contribution < 1.29 is 0 Å². The number of benzene rings is 1. The fourth-order valence-electron chi connectivity index (χ4n) is 2.80. The van der Waals surface area contributed by atoms with Crippen LogP contribution in [0.2, 0.25) is 0 Å². The average molecular weight is 282 g/mol. The third-order valence-electron chi connectivity index (χ3n) is 3.90. The van der Waals surface area contributed by atoms with Crippen LogP contribution in [0, 0.1) is 6.92 Å². The molecule has 21 heavy (non-hydrogen) atoms. The molecule has 4 heteroatoms. The zero-order valence-electron chi connectivity index (χ0n) is 12.5. The first-order chi connectivity index (χ1) is 10.3. The monoisotopic (exact) mass is 282 g/mol. The van der Waals surface area contributed by atoms with Gasteiger partial charge in [-0.05, 0) is 50.6 Å². The van der Waals surface area contributed by atoms with Gasteiger partial charge in [0, 0.05) is 18.4 Å². The fraction of sp³-hybridized carbons (Fsp3) is 0.412. The molecule has 4 nitrogen and oxygen atoms in total. The number of para-hydroxylation sites is 1. The van der Waals surface area contributed by atoms with Crippen LogP contribution in [-0.2, 0) is 13.1 Å². The molecular formula is C17H22N4. The largest absolute Gasteiger partial charge is 0.379 e. The average Bonchev–Trinajstić information content (AvgIpc) is 2.99. The molecule has 0 unspecified atom stereocenters. The van der Waals surface area contributed by atoms with Crippen molar-refractivity contribution in [2.24, 2.45) is 0 Å². The van der Waals surface area contributed by atoms with Gasteiger partial charge >= 0.3 is 0 Å². The zero-order chi connectivity index (χ0) is 14.5. The summed E-state index contributed by atoms with van der Waals surface area (Å²) in [6, 6.07) is 10.5. The standard InChI is InChI=1S/C17H22N4/c1-14-18-9-8-16(20-14)12-19-17-7-3-2-6-15(17)13-21-10-4-5-11-21/h2-3,6-9,19H,4-5,10-13H2,1H3. The summed E-state index contributed by atoms with van der Waals surface area (Å²) in [4.78, 5) is 11.1. The molecule has 1 N–H and O–H groups in total. The highest BCUT2D eigenvalue weighted by Crippen LogP contribution is 2.20. The summed E-state index contributed by atoms with van der Waals surface area (Å²) in [7, 11) is 0. The van der Waals surface area contributed by atoms with E-state index >= 15 is 0 Å². The van der Waals surface area contributed by atoms with Crippen LogP contribution in [0.15, 0.2) is 36.5 Å². The molecule has 0 saturated carbocycles. The Hall–Kier alpha value is -1.94. The van der Waals surface area contributed by atoms with E-state index in [9.17, 15) is 0 Å². The summed E-state index contributed by atoms with van der Waals surface area (Å²) in [5.74, 6) is 0.819. The molecule has 1 aliphatic heterocycles. The lowest BCUT2D eigenvalue weighted by Crippen LogP contribution is -2.19. The van der Waals surface area contributed by atoms with Gasteiger partial charge < -0.3 is 5.32 Å². The third kappa shape index (κ3) is 3.79. The maximum absolute atomic E-state index is 4.44. The lowest BCUT2D eigenvalue weighted by Gasteiger charge is -2.18. The Balaban J connectivity index is 1.67. The number of likely N-dealkylation sites (tertiary alicyclic amines) is 1. The molecule has 0 radical (unpaired) electrons. The van der Waals surface area contributed by atoms with Gasteiger partial charge in [-0.25, -0.2) is 9.97 Å². The van der Waals surface area contributed by atoms with Crippen molar-refractivity contribution in [1.82, 2.24) is 14.9 Å². The summed E-state index contributed by atoms with van der Waals surface area (Å²) in [6.07, 6.45) is 4.47. The Morgan fingerprint density at radius 2 is 1.95 bits per heavy atom. The number of aryl methyl sites for hydroxylation is 1. The van der Waals surface area contributed by atoms with Gasteiger partial charge in [-0.3, -0.25) is 4.90 Å². The molecule has 0 spiro atoms. The number of rotatable bonds is 5. The molecule has 0 atom stereocenters. The van der Waals surface area contributed by atoms with Crippen molar-refractivity contribution in [1.29, 1.82) is 0 Å². The predicted octanol–water partition coefficient (Wildman–Crippen LogP) is 2.99. The van der Waals surface area contributed by atoms with Gasteiger partial charge in [0.2, 0.25) is 0 Å². The third-order valence-corrected chi connectivity index (χ3v) is 3.90. The Morgan fingerprint density at radius 1 is 1.14 bits per heavy atom. The number of nitrogens with zero attached hydrogens (tertiary/aromatic N) is 3. The zero-order valence-corrected chi connectivity index (χ0v) is 12.5. The summed E-state index contributed by atoms with van der Waals surface area (Å²) in [5.41, 5.74) is 3.60. The maximum atomic E-state index is 4.44. The Bertz CT molecular complexity index is 591. The predicted molar refractivity (Wildman–Crippen MR) is 85.0 cm³/mol. The number of hydrogen-bond acceptors (Lipinski definition) is 4. The van der Waals surface area contributed by atoms with Crippen LogP contribution in [0.1, 0.15) is 29.9 Å². The van der Waals surface area contributed by atoms with Crippen LogP contribution in [0.3, 0.4) is 0 Å². The van der Waals surface area contributed by atoms with E-state index < -0.39 is 0 Å². The molecule has 1 saturated heterocycles. The topological polar surface area (TPSA) is 41.1 Å². The van der Waals surface area contributed by atoms with Crippen molar-refractivity contribution in [2.45, 2.75) is 32.9 Å². The lowest BCUT2D eigenvalue weighted by molar-refractivity contribution is 0.332. The summed E-state index contributed by atoms with van der Waals surface area (Å²) in [5, 5.41) is 3.51. The van der Waals surface area contributed by atoms with Gasteiger partial charge in [0.1, 0.15) is 5.82 Å². The molecule has 0 bridgehead atoms. The minimum atomic E-state index is 0.736. The second kappa shape index (κ2) is 6.68. The maximum Gasteiger partial charge on any atom is 0.125 e. The van der Waals surface area contributed by atoms with Crippen molar-refractivity contribution in [3.8, 4) is 0 Å². The van der Waals surface area contributed by atoms with Gasteiger partial charge in [-0.15, -0.1) is 0 Å². The number of hydrogen-bond donors (Lipinski definition) is 1. The second-order valence-electron chi connectivity index (χ2n) is 5.59. The van der Waals surface area contributed by atoms with Crippen LogP contribution in [0.5, 0.6) is 0 Å². The molecular weight excluding hydrogens is 260 g/mol. The van der Waals surface area contributed by atoms with Crippen molar-refractivity contribution in [3.05, 3.63) is 53.6 Å². The van der Waals surface area contributed by atoms with E-state index in [-0.39, 0.29) is 0 Å². The highest BCUT2D eigenvalue weighted by molar-refractivity contribution is 5.51. The van der Waals surface area contributed by atoms with E-state index in [4.69, 9.17) is 0 Å². The van der Waals surface area contributed by atoms with E-state index in [0.29, 0.717) is 0 Å².